The van der Waals surface area contributed by atoms with E-state index in [2.05, 4.69) is 39.4 Å². The molecule has 0 aliphatic carbocycles. The summed E-state index contributed by atoms with van der Waals surface area (Å²) in [7, 11) is 1.86. The van der Waals surface area contributed by atoms with Crippen LogP contribution < -0.4 is 10.6 Å². The molecular weight excluding hydrogens is 489 g/mol. The van der Waals surface area contributed by atoms with E-state index in [1.807, 2.05) is 20.9 Å². The third-order valence-corrected chi connectivity index (χ3v) is 5.92. The Kier molecular flexibility index (Phi) is 13.6. The van der Waals surface area contributed by atoms with Gasteiger partial charge in [-0.25, -0.2) is 4.98 Å². The van der Waals surface area contributed by atoms with Crippen LogP contribution in [-0.2, 0) is 6.54 Å². The van der Waals surface area contributed by atoms with Crippen molar-refractivity contribution in [2.75, 3.05) is 33.2 Å². The number of likely N-dealkylation sites (tertiary alicyclic amines) is 1. The van der Waals surface area contributed by atoms with Gasteiger partial charge in [0.2, 0.25) is 5.89 Å². The molecule has 1 fully saturated rings. The molecule has 1 aliphatic heterocycles. The van der Waals surface area contributed by atoms with Gasteiger partial charge in [0.1, 0.15) is 5.76 Å². The van der Waals surface area contributed by atoms with Gasteiger partial charge in [0, 0.05) is 20.1 Å². The minimum absolute atomic E-state index is 0. The zero-order valence-corrected chi connectivity index (χ0v) is 22.1. The van der Waals surface area contributed by atoms with Crippen LogP contribution in [0.5, 0.6) is 0 Å². The summed E-state index contributed by atoms with van der Waals surface area (Å²) in [5.74, 6) is 4.27. The Balaban J connectivity index is 0.00000450. The molecule has 174 valence electrons. The molecule has 30 heavy (non-hydrogen) atoms. The zero-order chi connectivity index (χ0) is 21.1. The van der Waals surface area contributed by atoms with Crippen LogP contribution in [0.15, 0.2) is 9.41 Å². The maximum atomic E-state index is 5.73. The van der Waals surface area contributed by atoms with Crippen molar-refractivity contribution >= 4 is 29.9 Å². The van der Waals surface area contributed by atoms with Crippen molar-refractivity contribution in [2.24, 2.45) is 16.8 Å². The number of oxazole rings is 1. The van der Waals surface area contributed by atoms with E-state index >= 15 is 0 Å². The Labute approximate surface area is 201 Å². The summed E-state index contributed by atoms with van der Waals surface area (Å²) in [6.45, 7) is 13.7. The molecule has 1 saturated heterocycles. The molecule has 0 saturated carbocycles. The fraction of sp³-hybridized carbons (Fsp3) is 0.826. The maximum Gasteiger partial charge on any atom is 0.208 e. The first-order valence-corrected chi connectivity index (χ1v) is 11.6. The van der Waals surface area contributed by atoms with Gasteiger partial charge in [-0.2, -0.15) is 0 Å². The third kappa shape index (κ3) is 10.5. The number of aromatic nitrogens is 1. The van der Waals surface area contributed by atoms with Crippen molar-refractivity contribution in [3.63, 3.8) is 0 Å². The SMILES string of the molecule is CN=C(NCCCCCCC(C)C)NCC1CCN(Cc2nc(C)c(C)o2)CC1.I. The van der Waals surface area contributed by atoms with Crippen LogP contribution in [0.2, 0.25) is 0 Å². The number of aryl methyl sites for hydroxylation is 2. The predicted molar refractivity (Wildman–Crippen MR) is 137 cm³/mol. The molecule has 0 amide bonds. The molecular formula is C23H44IN5O. The lowest BCUT2D eigenvalue weighted by Gasteiger charge is -2.31. The van der Waals surface area contributed by atoms with Gasteiger partial charge in [0.15, 0.2) is 5.96 Å². The molecule has 0 bridgehead atoms. The monoisotopic (exact) mass is 533 g/mol. The summed E-state index contributed by atoms with van der Waals surface area (Å²) < 4.78 is 5.73. The van der Waals surface area contributed by atoms with Crippen molar-refractivity contribution in [2.45, 2.75) is 79.2 Å². The molecule has 2 N–H and O–H groups in total. The van der Waals surface area contributed by atoms with Crippen LogP contribution in [0.4, 0.5) is 0 Å². The second-order valence-corrected chi connectivity index (χ2v) is 8.95. The van der Waals surface area contributed by atoms with Crippen LogP contribution in [0, 0.1) is 25.7 Å². The van der Waals surface area contributed by atoms with E-state index in [1.54, 1.807) is 0 Å². The molecule has 6 nitrogen and oxygen atoms in total. The van der Waals surface area contributed by atoms with Crippen LogP contribution in [0.1, 0.15) is 76.1 Å². The van der Waals surface area contributed by atoms with Crippen molar-refractivity contribution in [3.05, 3.63) is 17.3 Å². The van der Waals surface area contributed by atoms with E-state index in [4.69, 9.17) is 4.42 Å². The smallest absolute Gasteiger partial charge is 0.208 e. The summed E-state index contributed by atoms with van der Waals surface area (Å²) in [4.78, 5) is 11.3. The van der Waals surface area contributed by atoms with Crippen molar-refractivity contribution < 1.29 is 4.42 Å². The highest BCUT2D eigenvalue weighted by molar-refractivity contribution is 14.0. The summed E-state index contributed by atoms with van der Waals surface area (Å²) in [5.41, 5.74) is 1.01. The largest absolute Gasteiger partial charge is 0.444 e. The highest BCUT2D eigenvalue weighted by atomic mass is 127. The lowest BCUT2D eigenvalue weighted by atomic mass is 9.97. The van der Waals surface area contributed by atoms with Gasteiger partial charge >= 0.3 is 0 Å². The molecule has 0 atom stereocenters. The minimum Gasteiger partial charge on any atom is -0.444 e. The number of nitrogens with zero attached hydrogens (tertiary/aromatic N) is 3. The molecule has 1 aromatic rings. The van der Waals surface area contributed by atoms with Gasteiger partial charge in [-0.1, -0.05) is 39.5 Å². The van der Waals surface area contributed by atoms with Gasteiger partial charge in [0.25, 0.3) is 0 Å². The van der Waals surface area contributed by atoms with Crippen molar-refractivity contribution in [3.8, 4) is 0 Å². The number of hydrogen-bond acceptors (Lipinski definition) is 4. The second-order valence-electron chi connectivity index (χ2n) is 8.95. The number of nitrogens with one attached hydrogen (secondary N) is 2. The van der Waals surface area contributed by atoms with Crippen LogP contribution in [0.25, 0.3) is 0 Å². The molecule has 2 rings (SSSR count). The van der Waals surface area contributed by atoms with Gasteiger partial charge in [0.05, 0.1) is 12.2 Å². The molecule has 1 aromatic heterocycles. The van der Waals surface area contributed by atoms with E-state index in [0.717, 1.165) is 61.9 Å². The van der Waals surface area contributed by atoms with E-state index in [0.29, 0.717) is 5.92 Å². The second kappa shape index (κ2) is 15.1. The van der Waals surface area contributed by atoms with Gasteiger partial charge in [-0.15, -0.1) is 24.0 Å². The van der Waals surface area contributed by atoms with E-state index in [-0.39, 0.29) is 24.0 Å². The molecule has 0 unspecified atom stereocenters. The number of unbranched alkanes of at least 4 members (excludes halogenated alkanes) is 3. The van der Waals surface area contributed by atoms with Crippen LogP contribution >= 0.6 is 24.0 Å². The van der Waals surface area contributed by atoms with Crippen molar-refractivity contribution in [1.82, 2.24) is 20.5 Å². The lowest BCUT2D eigenvalue weighted by Crippen LogP contribution is -2.43. The van der Waals surface area contributed by atoms with Crippen LogP contribution in [0.3, 0.4) is 0 Å². The average Bonchev–Trinajstić information content (AvgIpc) is 3.01. The summed E-state index contributed by atoms with van der Waals surface area (Å²) in [5, 5.41) is 6.99. The number of guanidine groups is 1. The highest BCUT2D eigenvalue weighted by Gasteiger charge is 2.21. The molecule has 7 heteroatoms. The average molecular weight is 534 g/mol. The summed E-state index contributed by atoms with van der Waals surface area (Å²) in [6.07, 6.45) is 9.00. The van der Waals surface area contributed by atoms with Gasteiger partial charge in [-0.3, -0.25) is 9.89 Å². The van der Waals surface area contributed by atoms with Crippen molar-refractivity contribution in [1.29, 1.82) is 0 Å². The molecule has 2 heterocycles. The number of piperidine rings is 1. The normalized spacial score (nSPS) is 16.0. The quantitative estimate of drug-likeness (QED) is 0.184. The minimum atomic E-state index is 0. The number of halogens is 1. The molecule has 0 spiro atoms. The first kappa shape index (κ1) is 27.2. The van der Waals surface area contributed by atoms with E-state index < -0.39 is 0 Å². The Hall–Kier alpha value is -0.830. The van der Waals surface area contributed by atoms with E-state index in [1.165, 1.54) is 44.9 Å². The molecule has 0 radical (unpaired) electrons. The van der Waals surface area contributed by atoms with Crippen LogP contribution in [-0.4, -0.2) is 49.1 Å². The summed E-state index contributed by atoms with van der Waals surface area (Å²) in [6, 6.07) is 0. The first-order chi connectivity index (χ1) is 14.0. The first-order valence-electron chi connectivity index (χ1n) is 11.6. The topological polar surface area (TPSA) is 65.7 Å². The predicted octanol–water partition coefficient (Wildman–Crippen LogP) is 4.89. The third-order valence-electron chi connectivity index (χ3n) is 5.92. The Morgan fingerprint density at radius 1 is 1.13 bits per heavy atom. The number of rotatable bonds is 11. The fourth-order valence-electron chi connectivity index (χ4n) is 3.85. The Bertz CT molecular complexity index is 589. The van der Waals surface area contributed by atoms with E-state index in [9.17, 15) is 0 Å². The zero-order valence-electron chi connectivity index (χ0n) is 19.8. The molecule has 0 aromatic carbocycles. The van der Waals surface area contributed by atoms with Gasteiger partial charge < -0.3 is 15.1 Å². The number of hydrogen-bond donors (Lipinski definition) is 2. The number of aliphatic imine (C=N–C) groups is 1. The molecule has 1 aliphatic rings. The lowest BCUT2D eigenvalue weighted by molar-refractivity contribution is 0.164. The Morgan fingerprint density at radius 2 is 1.83 bits per heavy atom. The fourth-order valence-corrected chi connectivity index (χ4v) is 3.85. The maximum absolute atomic E-state index is 5.73. The highest BCUT2D eigenvalue weighted by Crippen LogP contribution is 2.19. The van der Waals surface area contributed by atoms with Gasteiger partial charge in [-0.05, 0) is 58.0 Å². The standard InChI is InChI=1S/C23H43N5O.HI/c1-18(2)10-8-6-7-9-13-25-23(24-5)26-16-21-11-14-28(15-12-21)17-22-27-19(3)20(4)29-22;/h18,21H,6-17H2,1-5H3,(H2,24,25,26);1H. The Morgan fingerprint density at radius 3 is 2.43 bits per heavy atom. The summed E-state index contributed by atoms with van der Waals surface area (Å²) >= 11 is 0.